The number of nitrogens with one attached hydrogen (secondary N) is 1. The fraction of sp³-hybridized carbons (Fsp3) is 0.318. The zero-order valence-corrected chi connectivity index (χ0v) is 16.3. The van der Waals surface area contributed by atoms with Crippen molar-refractivity contribution >= 4 is 17.2 Å². The van der Waals surface area contributed by atoms with Gasteiger partial charge in [0.05, 0.1) is 23.4 Å². The Morgan fingerprint density at radius 2 is 2.17 bits per heavy atom. The van der Waals surface area contributed by atoms with Crippen LogP contribution in [0.5, 0.6) is 5.88 Å². The summed E-state index contributed by atoms with van der Waals surface area (Å²) in [6.45, 7) is 3.81. The first kappa shape index (κ1) is 18.9. The first-order valence-electron chi connectivity index (χ1n) is 9.54. The van der Waals surface area contributed by atoms with Gasteiger partial charge < -0.3 is 14.1 Å². The maximum absolute atomic E-state index is 12.3. The van der Waals surface area contributed by atoms with Crippen molar-refractivity contribution in [2.75, 3.05) is 6.61 Å². The standard InChI is InChI=1S/C22H21N3O4/c1-13-7-19(25-6-5-23-21(28)20(13)25)18-9-16(8-17(11-26)14(2)27)10-24-22(18)29-12-15-3-4-15/h5-7,9-10,15H,3-4,8,12H2,1-2H3,(H,23,28). The highest BCUT2D eigenvalue weighted by atomic mass is 16.5. The van der Waals surface area contributed by atoms with Crippen LogP contribution in [0.4, 0.5) is 0 Å². The van der Waals surface area contributed by atoms with E-state index in [2.05, 4.69) is 9.97 Å². The molecule has 7 nitrogen and oxygen atoms in total. The van der Waals surface area contributed by atoms with E-state index in [0.29, 0.717) is 35.0 Å². The summed E-state index contributed by atoms with van der Waals surface area (Å²) in [5, 5.41) is 0. The highest BCUT2D eigenvalue weighted by molar-refractivity contribution is 6.00. The highest BCUT2D eigenvalue weighted by Crippen LogP contribution is 2.34. The van der Waals surface area contributed by atoms with Crippen LogP contribution in [0.15, 0.2) is 41.1 Å². The average Bonchev–Trinajstić information content (AvgIpc) is 3.47. The van der Waals surface area contributed by atoms with Gasteiger partial charge in [0.1, 0.15) is 11.5 Å². The molecule has 3 heterocycles. The minimum Gasteiger partial charge on any atom is -0.477 e. The van der Waals surface area contributed by atoms with Gasteiger partial charge in [-0.3, -0.25) is 9.59 Å². The lowest BCUT2D eigenvalue weighted by Crippen LogP contribution is -2.09. The van der Waals surface area contributed by atoms with Crippen LogP contribution < -0.4 is 10.3 Å². The summed E-state index contributed by atoms with van der Waals surface area (Å²) < 4.78 is 7.78. The molecule has 1 saturated carbocycles. The number of hydrogen-bond donors (Lipinski definition) is 1. The third kappa shape index (κ3) is 3.77. The number of Topliss-reactive ketones (excluding diaryl/α,β-unsaturated/α-hetero) is 1. The van der Waals surface area contributed by atoms with E-state index in [1.54, 1.807) is 28.9 Å². The zero-order valence-electron chi connectivity index (χ0n) is 16.3. The van der Waals surface area contributed by atoms with E-state index in [0.717, 1.165) is 24.1 Å². The van der Waals surface area contributed by atoms with Crippen molar-refractivity contribution in [2.45, 2.75) is 33.1 Å². The molecule has 0 aromatic carbocycles. The average molecular weight is 391 g/mol. The van der Waals surface area contributed by atoms with Crippen molar-refractivity contribution in [3.05, 3.63) is 57.8 Å². The van der Waals surface area contributed by atoms with Crippen LogP contribution in [-0.2, 0) is 16.0 Å². The van der Waals surface area contributed by atoms with Crippen LogP contribution in [0.25, 0.3) is 16.8 Å². The van der Waals surface area contributed by atoms with Crippen LogP contribution >= 0.6 is 0 Å². The van der Waals surface area contributed by atoms with Gasteiger partial charge in [-0.05, 0) is 55.9 Å². The lowest BCUT2D eigenvalue weighted by Gasteiger charge is -2.12. The topological polar surface area (TPSA) is 93.5 Å². The first-order chi connectivity index (χ1) is 14.0. The summed E-state index contributed by atoms with van der Waals surface area (Å²) in [5.74, 6) is 2.43. The molecule has 0 unspecified atom stereocenters. The molecule has 1 aliphatic carbocycles. The second-order valence-corrected chi connectivity index (χ2v) is 7.48. The number of carbonyl (C=O) groups excluding carboxylic acids is 2. The van der Waals surface area contributed by atoms with Crippen LogP contribution in [0.2, 0.25) is 0 Å². The van der Waals surface area contributed by atoms with Gasteiger partial charge in [0.15, 0.2) is 5.78 Å². The van der Waals surface area contributed by atoms with E-state index in [-0.39, 0.29) is 23.3 Å². The number of nitrogens with zero attached hydrogens (tertiary/aromatic N) is 2. The summed E-state index contributed by atoms with van der Waals surface area (Å²) >= 11 is 0. The Labute approximate surface area is 167 Å². The van der Waals surface area contributed by atoms with Crippen molar-refractivity contribution in [3.63, 3.8) is 0 Å². The molecule has 0 atom stereocenters. The SMILES string of the molecule is CC(=O)C(=C=O)Cc1cnc(OCC2CC2)c(-c2cc(C)c3c(=O)[nH]ccn23)c1. The first-order valence-corrected chi connectivity index (χ1v) is 9.54. The molecule has 1 N–H and O–H groups in total. The molecule has 4 rings (SSSR count). The molecular weight excluding hydrogens is 370 g/mol. The van der Waals surface area contributed by atoms with Crippen LogP contribution in [0, 0.1) is 12.8 Å². The van der Waals surface area contributed by atoms with Gasteiger partial charge in [0, 0.05) is 25.0 Å². The molecule has 148 valence electrons. The number of H-pyrrole nitrogens is 1. The third-order valence-electron chi connectivity index (χ3n) is 5.15. The maximum atomic E-state index is 12.3. The minimum atomic E-state index is -0.314. The molecule has 29 heavy (non-hydrogen) atoms. The van der Waals surface area contributed by atoms with Crippen molar-refractivity contribution in [1.29, 1.82) is 0 Å². The number of rotatable bonds is 7. The molecule has 1 aliphatic rings. The van der Waals surface area contributed by atoms with Gasteiger partial charge >= 0.3 is 0 Å². The molecule has 0 radical (unpaired) electrons. The van der Waals surface area contributed by atoms with Crippen LogP contribution in [0.1, 0.15) is 30.9 Å². The maximum Gasteiger partial charge on any atom is 0.272 e. The van der Waals surface area contributed by atoms with Crippen LogP contribution in [0.3, 0.4) is 0 Å². The third-order valence-corrected chi connectivity index (χ3v) is 5.15. The Balaban J connectivity index is 1.83. The summed E-state index contributed by atoms with van der Waals surface area (Å²) in [4.78, 5) is 42.1. The number of aryl methyl sites for hydroxylation is 1. The van der Waals surface area contributed by atoms with Crippen LogP contribution in [-0.4, -0.2) is 32.7 Å². The summed E-state index contributed by atoms with van der Waals surface area (Å²) in [6, 6.07) is 3.77. The molecule has 0 amide bonds. The van der Waals surface area contributed by atoms with Gasteiger partial charge in [-0.15, -0.1) is 0 Å². The van der Waals surface area contributed by atoms with Gasteiger partial charge in [0.25, 0.3) is 5.56 Å². The van der Waals surface area contributed by atoms with E-state index >= 15 is 0 Å². The molecule has 3 aromatic heterocycles. The van der Waals surface area contributed by atoms with Gasteiger partial charge in [0.2, 0.25) is 5.88 Å². The largest absolute Gasteiger partial charge is 0.477 e. The highest BCUT2D eigenvalue weighted by Gasteiger charge is 2.24. The van der Waals surface area contributed by atoms with E-state index in [4.69, 9.17) is 4.74 Å². The number of ketones is 1. The quantitative estimate of drug-likeness (QED) is 0.494. The number of aromatic nitrogens is 3. The Bertz CT molecular complexity index is 1210. The predicted octanol–water partition coefficient (Wildman–Crippen LogP) is 2.68. The molecular formula is C22H21N3O4. The smallest absolute Gasteiger partial charge is 0.272 e. The Kier molecular flexibility index (Phi) is 4.91. The van der Waals surface area contributed by atoms with Crippen molar-refractivity contribution < 1.29 is 14.3 Å². The monoisotopic (exact) mass is 391 g/mol. The van der Waals surface area contributed by atoms with Crippen molar-refractivity contribution in [1.82, 2.24) is 14.4 Å². The number of hydrogen-bond acceptors (Lipinski definition) is 5. The van der Waals surface area contributed by atoms with Gasteiger partial charge in [-0.1, -0.05) is 0 Å². The Hall–Kier alpha value is -3.44. The number of carbonyl (C=O) groups is 1. The molecule has 0 spiro atoms. The molecule has 3 aromatic rings. The van der Waals surface area contributed by atoms with Crippen molar-refractivity contribution in [2.24, 2.45) is 5.92 Å². The molecule has 0 saturated heterocycles. The Morgan fingerprint density at radius 1 is 1.38 bits per heavy atom. The van der Waals surface area contributed by atoms with E-state index < -0.39 is 0 Å². The van der Waals surface area contributed by atoms with E-state index in [1.807, 2.05) is 19.1 Å². The van der Waals surface area contributed by atoms with E-state index in [9.17, 15) is 14.4 Å². The lowest BCUT2D eigenvalue weighted by atomic mass is 10.0. The fourth-order valence-electron chi connectivity index (χ4n) is 3.37. The minimum absolute atomic E-state index is 0.0667. The molecule has 1 fully saturated rings. The number of pyridine rings is 1. The number of ether oxygens (including phenoxy) is 1. The molecule has 7 heteroatoms. The van der Waals surface area contributed by atoms with Gasteiger partial charge in [-0.25, -0.2) is 9.78 Å². The van der Waals surface area contributed by atoms with Crippen molar-refractivity contribution in [3.8, 4) is 17.1 Å². The molecule has 0 aliphatic heterocycles. The second kappa shape index (κ2) is 7.53. The van der Waals surface area contributed by atoms with E-state index in [1.165, 1.54) is 6.92 Å². The lowest BCUT2D eigenvalue weighted by molar-refractivity contribution is -0.113. The predicted molar refractivity (Wildman–Crippen MR) is 108 cm³/mol. The Morgan fingerprint density at radius 3 is 2.86 bits per heavy atom. The summed E-state index contributed by atoms with van der Waals surface area (Å²) in [5.41, 5.74) is 3.45. The number of allylic oxidation sites excluding steroid dienone is 1. The number of fused-ring (bicyclic) bond motifs is 1. The fourth-order valence-corrected chi connectivity index (χ4v) is 3.37. The van der Waals surface area contributed by atoms with Gasteiger partial charge in [-0.2, -0.15) is 0 Å². The summed E-state index contributed by atoms with van der Waals surface area (Å²) in [7, 11) is 0. The zero-order chi connectivity index (χ0) is 20.5. The summed E-state index contributed by atoms with van der Waals surface area (Å²) in [6.07, 6.45) is 7.43. The number of aromatic amines is 1. The molecule has 0 bridgehead atoms. The second-order valence-electron chi connectivity index (χ2n) is 7.48. The normalized spacial score (nSPS) is 13.3.